The van der Waals surface area contributed by atoms with Gasteiger partial charge in [0.25, 0.3) is 0 Å². The van der Waals surface area contributed by atoms with E-state index in [1.165, 1.54) is 0 Å². The number of carbonyl (C=O) groups is 2. The normalized spacial score (nSPS) is 19.7. The molecule has 9 heteroatoms. The number of likely N-dealkylation sites (tertiary alicyclic amines) is 1. The van der Waals surface area contributed by atoms with Crippen LogP contribution in [-0.4, -0.2) is 46.3 Å². The molecule has 1 saturated heterocycles. The van der Waals surface area contributed by atoms with Crippen LogP contribution < -0.4 is 0 Å². The van der Waals surface area contributed by atoms with Gasteiger partial charge in [-0.15, -0.1) is 0 Å². The molecule has 1 atom stereocenters. The zero-order valence-corrected chi connectivity index (χ0v) is 9.48. The van der Waals surface area contributed by atoms with E-state index in [0.29, 0.717) is 4.90 Å². The number of aromatic carboxylic acids is 1. The highest BCUT2D eigenvalue weighted by molar-refractivity contribution is 5.88. The molecule has 0 saturated carbocycles. The van der Waals surface area contributed by atoms with Gasteiger partial charge in [-0.3, -0.25) is 4.79 Å². The number of carbonyl (C=O) groups excluding carboxylic acids is 1. The largest absolute Gasteiger partial charge is 0.478 e. The van der Waals surface area contributed by atoms with Crippen LogP contribution in [0.25, 0.3) is 0 Å². The van der Waals surface area contributed by atoms with E-state index in [2.05, 4.69) is 9.68 Å². The highest BCUT2D eigenvalue weighted by atomic mass is 19.4. The van der Waals surface area contributed by atoms with Crippen molar-refractivity contribution in [3.8, 4) is 0 Å². The number of carboxylic acid groups (broad SMARTS) is 1. The van der Waals surface area contributed by atoms with E-state index in [4.69, 9.17) is 5.11 Å². The second kappa shape index (κ2) is 4.56. The minimum atomic E-state index is -4.92. The number of hydrogen-bond acceptors (Lipinski definition) is 4. The lowest BCUT2D eigenvalue weighted by Gasteiger charge is -2.17. The molecule has 1 aromatic heterocycles. The van der Waals surface area contributed by atoms with Crippen LogP contribution in [0.5, 0.6) is 0 Å². The number of alkyl halides is 3. The molecule has 1 unspecified atom stereocenters. The standard InChI is InChI=1S/C10H9F3N2O4/c11-10(12,13)9(18)15-2-1-5(3-15)7-6(8(16)17)4-19-14-7/h4-5H,1-3H2,(H,16,17). The summed E-state index contributed by atoms with van der Waals surface area (Å²) in [5.74, 6) is -3.75. The van der Waals surface area contributed by atoms with E-state index < -0.39 is 24.0 Å². The number of nitrogens with zero attached hydrogens (tertiary/aromatic N) is 2. The number of carboxylic acids is 1. The van der Waals surface area contributed by atoms with Gasteiger partial charge in [0.1, 0.15) is 17.5 Å². The topological polar surface area (TPSA) is 83.6 Å². The molecule has 1 aliphatic heterocycles. The number of hydrogen-bond donors (Lipinski definition) is 1. The van der Waals surface area contributed by atoms with E-state index in [1.54, 1.807) is 0 Å². The monoisotopic (exact) mass is 278 g/mol. The van der Waals surface area contributed by atoms with E-state index in [9.17, 15) is 22.8 Å². The fourth-order valence-corrected chi connectivity index (χ4v) is 2.05. The molecule has 2 rings (SSSR count). The first-order chi connectivity index (χ1) is 8.80. The van der Waals surface area contributed by atoms with Crippen LogP contribution in [0.4, 0.5) is 13.2 Å². The molecule has 19 heavy (non-hydrogen) atoms. The van der Waals surface area contributed by atoms with Crippen molar-refractivity contribution in [3.63, 3.8) is 0 Å². The van der Waals surface area contributed by atoms with Gasteiger partial charge >= 0.3 is 18.1 Å². The molecule has 2 heterocycles. The lowest BCUT2D eigenvalue weighted by molar-refractivity contribution is -0.184. The molecular weight excluding hydrogens is 269 g/mol. The fraction of sp³-hybridized carbons (Fsp3) is 0.500. The van der Waals surface area contributed by atoms with E-state index in [1.807, 2.05) is 0 Å². The molecule has 0 aliphatic carbocycles. The van der Waals surface area contributed by atoms with Crippen molar-refractivity contribution in [1.82, 2.24) is 10.1 Å². The predicted molar refractivity (Wildman–Crippen MR) is 53.5 cm³/mol. The van der Waals surface area contributed by atoms with E-state index in [0.717, 1.165) is 6.26 Å². The molecule has 1 amide bonds. The summed E-state index contributed by atoms with van der Waals surface area (Å²) in [5.41, 5.74) is -0.115. The summed E-state index contributed by atoms with van der Waals surface area (Å²) in [4.78, 5) is 22.5. The summed E-state index contributed by atoms with van der Waals surface area (Å²) >= 11 is 0. The quantitative estimate of drug-likeness (QED) is 0.880. The number of amides is 1. The van der Waals surface area contributed by atoms with Gasteiger partial charge in [-0.2, -0.15) is 13.2 Å². The van der Waals surface area contributed by atoms with Gasteiger partial charge in [0.2, 0.25) is 0 Å². The second-order valence-electron chi connectivity index (χ2n) is 4.15. The highest BCUT2D eigenvalue weighted by Gasteiger charge is 2.45. The average Bonchev–Trinajstić information content (AvgIpc) is 2.95. The molecular formula is C10H9F3N2O4. The van der Waals surface area contributed by atoms with Gasteiger partial charge < -0.3 is 14.5 Å². The third-order valence-electron chi connectivity index (χ3n) is 2.93. The maximum atomic E-state index is 12.3. The van der Waals surface area contributed by atoms with E-state index >= 15 is 0 Å². The van der Waals surface area contributed by atoms with Crippen LogP contribution in [-0.2, 0) is 4.79 Å². The molecule has 0 radical (unpaired) electrons. The molecule has 6 nitrogen and oxygen atoms in total. The summed E-state index contributed by atoms with van der Waals surface area (Å²) in [5, 5.41) is 12.4. The molecule has 104 valence electrons. The van der Waals surface area contributed by atoms with Crippen molar-refractivity contribution >= 4 is 11.9 Å². The summed E-state index contributed by atoms with van der Waals surface area (Å²) in [6, 6.07) is 0. The lowest BCUT2D eigenvalue weighted by Crippen LogP contribution is -2.39. The van der Waals surface area contributed by atoms with E-state index in [-0.39, 0.29) is 30.8 Å². The van der Waals surface area contributed by atoms with Crippen molar-refractivity contribution in [2.75, 3.05) is 13.1 Å². The second-order valence-corrected chi connectivity index (χ2v) is 4.15. The molecule has 1 aromatic rings. The predicted octanol–water partition coefficient (Wildman–Crippen LogP) is 1.25. The van der Waals surface area contributed by atoms with Crippen LogP contribution in [0.15, 0.2) is 10.8 Å². The van der Waals surface area contributed by atoms with Crippen molar-refractivity contribution < 1.29 is 32.4 Å². The fourth-order valence-electron chi connectivity index (χ4n) is 2.05. The number of halogens is 3. The Bertz CT molecular complexity index is 511. The van der Waals surface area contributed by atoms with Crippen LogP contribution in [0, 0.1) is 0 Å². The van der Waals surface area contributed by atoms with Gasteiger partial charge in [-0.1, -0.05) is 5.16 Å². The Hall–Kier alpha value is -2.06. The Morgan fingerprint density at radius 2 is 2.16 bits per heavy atom. The minimum absolute atomic E-state index is 0.0741. The first kappa shape index (κ1) is 13.4. The zero-order chi connectivity index (χ0) is 14.2. The van der Waals surface area contributed by atoms with Gasteiger partial charge in [0, 0.05) is 19.0 Å². The van der Waals surface area contributed by atoms with Crippen LogP contribution in [0.2, 0.25) is 0 Å². The lowest BCUT2D eigenvalue weighted by atomic mass is 10.0. The third-order valence-corrected chi connectivity index (χ3v) is 2.93. The maximum Gasteiger partial charge on any atom is 0.471 e. The van der Waals surface area contributed by atoms with Crippen molar-refractivity contribution in [1.29, 1.82) is 0 Å². The van der Waals surface area contributed by atoms with Crippen LogP contribution >= 0.6 is 0 Å². The Morgan fingerprint density at radius 1 is 1.47 bits per heavy atom. The van der Waals surface area contributed by atoms with Crippen molar-refractivity contribution in [2.24, 2.45) is 0 Å². The highest BCUT2D eigenvalue weighted by Crippen LogP contribution is 2.31. The third kappa shape index (κ3) is 2.54. The van der Waals surface area contributed by atoms with Crippen molar-refractivity contribution in [3.05, 3.63) is 17.5 Å². The zero-order valence-electron chi connectivity index (χ0n) is 9.48. The Kier molecular flexibility index (Phi) is 3.21. The smallest absolute Gasteiger partial charge is 0.471 e. The van der Waals surface area contributed by atoms with Crippen LogP contribution in [0.3, 0.4) is 0 Å². The summed E-state index contributed by atoms with van der Waals surface area (Å²) in [7, 11) is 0. The summed E-state index contributed by atoms with van der Waals surface area (Å²) in [6.45, 7) is -0.305. The average molecular weight is 278 g/mol. The van der Waals surface area contributed by atoms with Crippen LogP contribution in [0.1, 0.15) is 28.4 Å². The van der Waals surface area contributed by atoms with Gasteiger partial charge in [0.15, 0.2) is 0 Å². The Balaban J connectivity index is 2.12. The molecule has 0 bridgehead atoms. The minimum Gasteiger partial charge on any atom is -0.478 e. The number of rotatable bonds is 2. The van der Waals surface area contributed by atoms with Gasteiger partial charge in [-0.05, 0) is 6.42 Å². The molecule has 0 spiro atoms. The van der Waals surface area contributed by atoms with Crippen molar-refractivity contribution in [2.45, 2.75) is 18.5 Å². The maximum absolute atomic E-state index is 12.3. The van der Waals surface area contributed by atoms with Gasteiger partial charge in [-0.25, -0.2) is 4.79 Å². The molecule has 1 N–H and O–H groups in total. The first-order valence-corrected chi connectivity index (χ1v) is 5.34. The van der Waals surface area contributed by atoms with Gasteiger partial charge in [0.05, 0.1) is 0 Å². The SMILES string of the molecule is O=C(O)c1conc1C1CCN(C(=O)C(F)(F)F)C1. The molecule has 1 aliphatic rings. The number of aromatic nitrogens is 1. The summed E-state index contributed by atoms with van der Waals surface area (Å²) in [6.07, 6.45) is -3.78. The molecule has 0 aromatic carbocycles. The molecule has 1 fully saturated rings. The summed E-state index contributed by atoms with van der Waals surface area (Å²) < 4.78 is 41.3. The Labute approximate surface area is 104 Å². The first-order valence-electron chi connectivity index (χ1n) is 5.34. The Morgan fingerprint density at radius 3 is 2.74 bits per heavy atom.